The first-order chi connectivity index (χ1) is 17.2. The Morgan fingerprint density at radius 1 is 1.19 bits per heavy atom. The number of nitrogens with zero attached hydrogens (tertiary/aromatic N) is 3. The van der Waals surface area contributed by atoms with Gasteiger partial charge in [0.15, 0.2) is 5.65 Å². The first-order valence-corrected chi connectivity index (χ1v) is 15.3. The zero-order chi connectivity index (χ0) is 25.7. The molecule has 2 aromatic heterocycles. The molecule has 1 amide bonds. The highest BCUT2D eigenvalue weighted by Crippen LogP contribution is 2.31. The number of carbonyl (C=O) groups is 1. The van der Waals surface area contributed by atoms with Crippen LogP contribution in [0.4, 0.5) is 10.1 Å². The van der Waals surface area contributed by atoms with Gasteiger partial charge in [0.1, 0.15) is 23.8 Å². The number of anilines is 1. The number of halogens is 1. The fourth-order valence-electron chi connectivity index (χ4n) is 3.54. The summed E-state index contributed by atoms with van der Waals surface area (Å²) in [4.78, 5) is 20.9. The predicted octanol–water partition coefficient (Wildman–Crippen LogP) is 6.47. The fraction of sp³-hybridized carbons (Fsp3) is 0.222. The Morgan fingerprint density at radius 2 is 2.00 bits per heavy atom. The molecule has 186 valence electrons. The van der Waals surface area contributed by atoms with E-state index in [9.17, 15) is 9.18 Å². The lowest BCUT2D eigenvalue weighted by atomic mass is 10.1. The highest BCUT2D eigenvalue weighted by atomic mass is 28.3. The molecule has 9 heteroatoms. The van der Waals surface area contributed by atoms with Gasteiger partial charge in [0.05, 0.1) is 6.20 Å². The van der Waals surface area contributed by atoms with E-state index in [-0.39, 0.29) is 17.6 Å². The number of ether oxygens (including phenoxy) is 2. The SMILES string of the molecule is C=CC(=O)Nc1cccc(Oc2cnc3c(n2)c(-c2cccc(F)c2)cn3COCC[Si](C)(C)C)c1. The van der Waals surface area contributed by atoms with Crippen LogP contribution in [0.1, 0.15) is 0 Å². The summed E-state index contributed by atoms with van der Waals surface area (Å²) in [6.45, 7) is 11.4. The molecule has 1 N–H and O–H groups in total. The molecule has 0 saturated carbocycles. The number of carbonyl (C=O) groups excluding carboxylic acids is 1. The normalized spacial score (nSPS) is 11.4. The highest BCUT2D eigenvalue weighted by molar-refractivity contribution is 6.76. The van der Waals surface area contributed by atoms with Gasteiger partial charge in [0, 0.05) is 38.2 Å². The number of fused-ring (bicyclic) bond motifs is 1. The molecule has 4 aromatic rings. The van der Waals surface area contributed by atoms with E-state index in [1.807, 2.05) is 16.8 Å². The van der Waals surface area contributed by atoms with Crippen molar-refractivity contribution in [3.63, 3.8) is 0 Å². The quantitative estimate of drug-likeness (QED) is 0.152. The lowest BCUT2D eigenvalue weighted by Gasteiger charge is -2.15. The van der Waals surface area contributed by atoms with Crippen LogP contribution >= 0.6 is 0 Å². The van der Waals surface area contributed by atoms with Gasteiger partial charge >= 0.3 is 0 Å². The Morgan fingerprint density at radius 3 is 2.75 bits per heavy atom. The van der Waals surface area contributed by atoms with E-state index in [0.29, 0.717) is 41.5 Å². The summed E-state index contributed by atoms with van der Waals surface area (Å²) in [6, 6.07) is 14.3. The van der Waals surface area contributed by atoms with Gasteiger partial charge < -0.3 is 19.4 Å². The van der Waals surface area contributed by atoms with Crippen molar-refractivity contribution in [2.24, 2.45) is 0 Å². The average Bonchev–Trinajstić information content (AvgIpc) is 3.19. The molecule has 4 rings (SSSR count). The molecule has 0 radical (unpaired) electrons. The van der Waals surface area contributed by atoms with Crippen molar-refractivity contribution < 1.29 is 18.7 Å². The van der Waals surface area contributed by atoms with E-state index in [2.05, 4.69) is 36.5 Å². The van der Waals surface area contributed by atoms with Gasteiger partial charge in [-0.05, 0) is 41.9 Å². The molecular weight excluding hydrogens is 475 g/mol. The Labute approximate surface area is 210 Å². The van der Waals surface area contributed by atoms with Crippen molar-refractivity contribution >= 4 is 30.8 Å². The van der Waals surface area contributed by atoms with Crippen LogP contribution in [0.15, 0.2) is 73.6 Å². The van der Waals surface area contributed by atoms with E-state index in [1.165, 1.54) is 24.4 Å². The minimum atomic E-state index is -1.21. The molecule has 0 bridgehead atoms. The van der Waals surface area contributed by atoms with E-state index in [1.54, 1.807) is 30.3 Å². The van der Waals surface area contributed by atoms with E-state index >= 15 is 0 Å². The Hall–Kier alpha value is -3.82. The summed E-state index contributed by atoms with van der Waals surface area (Å²) in [5.41, 5.74) is 3.16. The molecule has 0 fully saturated rings. The second-order valence-corrected chi connectivity index (χ2v) is 15.2. The summed E-state index contributed by atoms with van der Waals surface area (Å²) in [6.07, 6.45) is 4.61. The van der Waals surface area contributed by atoms with Gasteiger partial charge in [0.25, 0.3) is 0 Å². The Kier molecular flexibility index (Phi) is 7.61. The van der Waals surface area contributed by atoms with Crippen molar-refractivity contribution in [1.82, 2.24) is 14.5 Å². The van der Waals surface area contributed by atoms with Gasteiger partial charge in [-0.1, -0.05) is 44.4 Å². The number of amides is 1. The molecule has 0 aliphatic rings. The molecule has 0 saturated heterocycles. The summed E-state index contributed by atoms with van der Waals surface area (Å²) >= 11 is 0. The monoisotopic (exact) mass is 504 g/mol. The number of benzene rings is 2. The number of nitrogens with one attached hydrogen (secondary N) is 1. The molecule has 7 nitrogen and oxygen atoms in total. The molecule has 36 heavy (non-hydrogen) atoms. The minimum Gasteiger partial charge on any atom is -0.437 e. The van der Waals surface area contributed by atoms with Crippen LogP contribution < -0.4 is 10.1 Å². The average molecular weight is 505 g/mol. The predicted molar refractivity (Wildman–Crippen MR) is 142 cm³/mol. The zero-order valence-corrected chi connectivity index (χ0v) is 21.6. The summed E-state index contributed by atoms with van der Waals surface area (Å²) < 4.78 is 27.8. The van der Waals surface area contributed by atoms with E-state index < -0.39 is 8.07 Å². The number of aromatic nitrogens is 3. The topological polar surface area (TPSA) is 78.3 Å². The summed E-state index contributed by atoms with van der Waals surface area (Å²) in [5, 5.41) is 2.70. The third-order valence-electron chi connectivity index (χ3n) is 5.41. The van der Waals surface area contributed by atoms with Crippen LogP contribution in [0.5, 0.6) is 11.6 Å². The molecule has 0 spiro atoms. The first-order valence-electron chi connectivity index (χ1n) is 11.6. The first kappa shape index (κ1) is 25.3. The maximum Gasteiger partial charge on any atom is 0.247 e. The molecule has 2 aromatic carbocycles. The van der Waals surface area contributed by atoms with Gasteiger partial charge in [-0.2, -0.15) is 0 Å². The lowest BCUT2D eigenvalue weighted by Crippen LogP contribution is -2.22. The second-order valence-electron chi connectivity index (χ2n) is 9.57. The van der Waals surface area contributed by atoms with E-state index in [0.717, 1.165) is 11.6 Å². The van der Waals surface area contributed by atoms with Crippen LogP contribution in [0.3, 0.4) is 0 Å². The maximum absolute atomic E-state index is 14.0. The third-order valence-corrected chi connectivity index (χ3v) is 7.12. The van der Waals surface area contributed by atoms with Crippen LogP contribution in [0.2, 0.25) is 25.7 Å². The number of hydrogen-bond donors (Lipinski definition) is 1. The smallest absolute Gasteiger partial charge is 0.247 e. The Bertz CT molecular complexity index is 1400. The molecule has 0 aliphatic heterocycles. The molecule has 2 heterocycles. The van der Waals surface area contributed by atoms with Crippen molar-refractivity contribution in [2.45, 2.75) is 32.4 Å². The van der Waals surface area contributed by atoms with Gasteiger partial charge in [0.2, 0.25) is 11.8 Å². The molecule has 0 unspecified atom stereocenters. The molecular formula is C27H29FN4O3Si. The van der Waals surface area contributed by atoms with Crippen LogP contribution in [0.25, 0.3) is 22.3 Å². The number of hydrogen-bond acceptors (Lipinski definition) is 5. The standard InChI is InChI=1S/C27H29FN4O3Si/c1-5-24(33)30-21-10-7-11-22(15-21)35-25-16-29-27-26(31-25)23(19-8-6-9-20(28)14-19)17-32(27)18-34-12-13-36(2,3)4/h5-11,14-17H,1,12-13,18H2,2-4H3,(H,30,33). The maximum atomic E-state index is 14.0. The Balaban J connectivity index is 1.64. The van der Waals surface area contributed by atoms with E-state index in [4.69, 9.17) is 14.5 Å². The third kappa shape index (κ3) is 6.44. The van der Waals surface area contributed by atoms with Crippen LogP contribution in [-0.2, 0) is 16.3 Å². The lowest BCUT2D eigenvalue weighted by molar-refractivity contribution is -0.111. The van der Waals surface area contributed by atoms with Crippen LogP contribution in [0, 0.1) is 5.82 Å². The second kappa shape index (κ2) is 10.8. The highest BCUT2D eigenvalue weighted by Gasteiger charge is 2.17. The number of rotatable bonds is 10. The molecule has 0 atom stereocenters. The van der Waals surface area contributed by atoms with Crippen molar-refractivity contribution in [3.8, 4) is 22.8 Å². The van der Waals surface area contributed by atoms with Gasteiger partial charge in [-0.15, -0.1) is 0 Å². The van der Waals surface area contributed by atoms with Crippen molar-refractivity contribution in [2.75, 3.05) is 11.9 Å². The van der Waals surface area contributed by atoms with Crippen molar-refractivity contribution in [3.05, 3.63) is 79.4 Å². The van der Waals surface area contributed by atoms with Crippen LogP contribution in [-0.4, -0.2) is 35.1 Å². The van der Waals surface area contributed by atoms with Crippen molar-refractivity contribution in [1.29, 1.82) is 0 Å². The summed E-state index contributed by atoms with van der Waals surface area (Å²) in [5.74, 6) is 0.0942. The van der Waals surface area contributed by atoms with Gasteiger partial charge in [-0.25, -0.2) is 14.4 Å². The van der Waals surface area contributed by atoms with Gasteiger partial charge in [-0.3, -0.25) is 4.79 Å². The fourth-order valence-corrected chi connectivity index (χ4v) is 4.30. The largest absolute Gasteiger partial charge is 0.437 e. The summed E-state index contributed by atoms with van der Waals surface area (Å²) in [7, 11) is -1.21. The zero-order valence-electron chi connectivity index (χ0n) is 20.6. The minimum absolute atomic E-state index is 0.268. The molecule has 0 aliphatic carbocycles.